The van der Waals surface area contributed by atoms with Gasteiger partial charge in [0.15, 0.2) is 0 Å². The minimum Gasteiger partial charge on any atom is -0.346 e. The van der Waals surface area contributed by atoms with E-state index in [4.69, 9.17) is 23.2 Å². The first kappa shape index (κ1) is 18.4. The topological polar surface area (TPSA) is 72.7 Å². The Morgan fingerprint density at radius 2 is 1.85 bits per heavy atom. The summed E-state index contributed by atoms with van der Waals surface area (Å²) in [5, 5.41) is 7.52. The zero-order valence-corrected chi connectivity index (χ0v) is 16.1. The van der Waals surface area contributed by atoms with Gasteiger partial charge in [0, 0.05) is 36.1 Å². The molecule has 0 aliphatic carbocycles. The van der Waals surface area contributed by atoms with E-state index in [-0.39, 0.29) is 16.2 Å². The smallest absolute Gasteiger partial charge is 0.251 e. The molecule has 0 aromatic carbocycles. The number of rotatable bonds is 4. The molecule has 1 N–H and O–H groups in total. The van der Waals surface area contributed by atoms with Crippen molar-refractivity contribution in [2.75, 3.05) is 0 Å². The molecule has 0 aliphatic heterocycles. The molecule has 6 nitrogen and oxygen atoms in total. The Kier molecular flexibility index (Phi) is 5.25. The molecule has 0 atom stereocenters. The van der Waals surface area contributed by atoms with Gasteiger partial charge in [-0.25, -0.2) is 4.98 Å². The summed E-state index contributed by atoms with van der Waals surface area (Å²) in [4.78, 5) is 20.5. The van der Waals surface area contributed by atoms with E-state index in [0.29, 0.717) is 12.1 Å². The molecule has 0 spiro atoms. The number of carbonyl (C=O) groups is 1. The van der Waals surface area contributed by atoms with E-state index in [1.54, 1.807) is 10.9 Å². The Balaban J connectivity index is 1.74. The SMILES string of the molecule is Cc1cc(CNC(=O)c2cc(Cl)nc(Cl)c2)ncc1-c1cn(C)nc1C. The van der Waals surface area contributed by atoms with Crippen LogP contribution in [-0.4, -0.2) is 25.7 Å². The molecule has 3 aromatic rings. The lowest BCUT2D eigenvalue weighted by Gasteiger charge is -2.09. The van der Waals surface area contributed by atoms with Gasteiger partial charge in [-0.3, -0.25) is 14.5 Å². The highest BCUT2D eigenvalue weighted by atomic mass is 35.5. The van der Waals surface area contributed by atoms with Crippen LogP contribution in [0, 0.1) is 13.8 Å². The van der Waals surface area contributed by atoms with E-state index in [1.165, 1.54) is 12.1 Å². The minimum absolute atomic E-state index is 0.174. The Bertz CT molecular complexity index is 963. The Morgan fingerprint density at radius 3 is 2.42 bits per heavy atom. The monoisotopic (exact) mass is 389 g/mol. The number of halogens is 2. The second kappa shape index (κ2) is 7.43. The number of hydrogen-bond acceptors (Lipinski definition) is 4. The fraction of sp³-hybridized carbons (Fsp3) is 0.222. The van der Waals surface area contributed by atoms with Crippen molar-refractivity contribution in [1.82, 2.24) is 25.1 Å². The molecule has 3 heterocycles. The predicted molar refractivity (Wildman–Crippen MR) is 101 cm³/mol. The van der Waals surface area contributed by atoms with E-state index >= 15 is 0 Å². The highest BCUT2D eigenvalue weighted by Gasteiger charge is 2.12. The standard InChI is InChI=1S/C18H17Cl2N5O/c1-10-4-13(21-8-14(10)15-9-25(3)24-11(15)2)7-22-18(26)12-5-16(19)23-17(20)6-12/h4-6,8-9H,7H2,1-3H3,(H,22,26). The summed E-state index contributed by atoms with van der Waals surface area (Å²) in [7, 11) is 1.89. The normalized spacial score (nSPS) is 10.8. The molecule has 0 aliphatic rings. The second-order valence-electron chi connectivity index (χ2n) is 5.98. The van der Waals surface area contributed by atoms with Crippen LogP contribution >= 0.6 is 23.2 Å². The zero-order valence-electron chi connectivity index (χ0n) is 14.5. The third-order valence-electron chi connectivity index (χ3n) is 3.93. The summed E-state index contributed by atoms with van der Waals surface area (Å²) >= 11 is 11.7. The number of aromatic nitrogens is 4. The van der Waals surface area contributed by atoms with Crippen LogP contribution in [-0.2, 0) is 13.6 Å². The van der Waals surface area contributed by atoms with E-state index in [2.05, 4.69) is 20.4 Å². The van der Waals surface area contributed by atoms with Gasteiger partial charge in [-0.05, 0) is 37.6 Å². The second-order valence-corrected chi connectivity index (χ2v) is 6.75. The van der Waals surface area contributed by atoms with E-state index in [9.17, 15) is 4.79 Å². The minimum atomic E-state index is -0.289. The maximum Gasteiger partial charge on any atom is 0.251 e. The van der Waals surface area contributed by atoms with Gasteiger partial charge in [0.25, 0.3) is 5.91 Å². The molecular formula is C18H17Cl2N5O. The van der Waals surface area contributed by atoms with Crippen molar-refractivity contribution in [3.05, 3.63) is 63.4 Å². The quantitative estimate of drug-likeness (QED) is 0.689. The highest BCUT2D eigenvalue weighted by molar-refractivity contribution is 6.33. The summed E-state index contributed by atoms with van der Waals surface area (Å²) in [6, 6.07) is 4.89. The van der Waals surface area contributed by atoms with Gasteiger partial charge in [-0.2, -0.15) is 5.10 Å². The summed E-state index contributed by atoms with van der Waals surface area (Å²) in [6.07, 6.45) is 3.78. The molecule has 0 unspecified atom stereocenters. The summed E-state index contributed by atoms with van der Waals surface area (Å²) in [6.45, 7) is 4.27. The van der Waals surface area contributed by atoms with Crippen LogP contribution in [0.1, 0.15) is 27.3 Å². The number of nitrogens with one attached hydrogen (secondary N) is 1. The van der Waals surface area contributed by atoms with Gasteiger partial charge in [0.2, 0.25) is 0 Å². The summed E-state index contributed by atoms with van der Waals surface area (Å²) < 4.78 is 1.78. The molecule has 26 heavy (non-hydrogen) atoms. The van der Waals surface area contributed by atoms with E-state index in [0.717, 1.165) is 28.1 Å². The molecule has 0 bridgehead atoms. The van der Waals surface area contributed by atoms with Crippen LogP contribution in [0.4, 0.5) is 0 Å². The molecule has 8 heteroatoms. The Labute approximate surface area is 161 Å². The van der Waals surface area contributed by atoms with Gasteiger partial charge in [0.05, 0.1) is 17.9 Å². The number of aryl methyl sites for hydroxylation is 3. The van der Waals surface area contributed by atoms with Crippen LogP contribution in [0.3, 0.4) is 0 Å². The van der Waals surface area contributed by atoms with Crippen LogP contribution in [0.5, 0.6) is 0 Å². The summed E-state index contributed by atoms with van der Waals surface area (Å²) in [5.74, 6) is -0.289. The van der Waals surface area contributed by atoms with E-state index in [1.807, 2.05) is 33.2 Å². The van der Waals surface area contributed by atoms with Gasteiger partial charge in [0.1, 0.15) is 10.3 Å². The third-order valence-corrected chi connectivity index (χ3v) is 4.31. The fourth-order valence-electron chi connectivity index (χ4n) is 2.73. The first-order valence-electron chi connectivity index (χ1n) is 7.91. The Hall–Kier alpha value is -2.44. The maximum atomic E-state index is 12.2. The molecular weight excluding hydrogens is 373 g/mol. The lowest BCUT2D eigenvalue weighted by molar-refractivity contribution is 0.0950. The van der Waals surface area contributed by atoms with Crippen molar-refractivity contribution in [3.8, 4) is 11.1 Å². The fourth-order valence-corrected chi connectivity index (χ4v) is 3.19. The number of amides is 1. The van der Waals surface area contributed by atoms with Gasteiger partial charge < -0.3 is 5.32 Å². The van der Waals surface area contributed by atoms with Gasteiger partial charge in [-0.1, -0.05) is 23.2 Å². The predicted octanol–water partition coefficient (Wildman–Crippen LogP) is 3.73. The highest BCUT2D eigenvalue weighted by Crippen LogP contribution is 2.25. The Morgan fingerprint density at radius 1 is 1.15 bits per heavy atom. The average Bonchev–Trinajstić information content (AvgIpc) is 2.90. The molecule has 0 saturated heterocycles. The average molecular weight is 390 g/mol. The van der Waals surface area contributed by atoms with Crippen LogP contribution in [0.25, 0.3) is 11.1 Å². The molecule has 134 valence electrons. The first-order valence-corrected chi connectivity index (χ1v) is 8.66. The lowest BCUT2D eigenvalue weighted by Crippen LogP contribution is -2.23. The largest absolute Gasteiger partial charge is 0.346 e. The number of carbonyl (C=O) groups excluding carboxylic acids is 1. The zero-order chi connectivity index (χ0) is 18.8. The van der Waals surface area contributed by atoms with E-state index < -0.39 is 0 Å². The van der Waals surface area contributed by atoms with Gasteiger partial charge >= 0.3 is 0 Å². The lowest BCUT2D eigenvalue weighted by atomic mass is 10.0. The number of hydrogen-bond donors (Lipinski definition) is 1. The van der Waals surface area contributed by atoms with Crippen molar-refractivity contribution in [1.29, 1.82) is 0 Å². The first-order chi connectivity index (χ1) is 12.3. The van der Waals surface area contributed by atoms with Gasteiger partial charge in [-0.15, -0.1) is 0 Å². The summed E-state index contributed by atoms with van der Waals surface area (Å²) in [5.41, 5.74) is 5.20. The number of pyridine rings is 2. The third kappa shape index (κ3) is 4.03. The van der Waals surface area contributed by atoms with Crippen molar-refractivity contribution in [3.63, 3.8) is 0 Å². The maximum absolute atomic E-state index is 12.2. The van der Waals surface area contributed by atoms with Crippen LogP contribution in [0.2, 0.25) is 10.3 Å². The number of nitrogens with zero attached hydrogens (tertiary/aromatic N) is 4. The van der Waals surface area contributed by atoms with Crippen molar-refractivity contribution < 1.29 is 4.79 Å². The molecule has 3 aromatic heterocycles. The molecule has 3 rings (SSSR count). The van der Waals surface area contributed by atoms with Crippen molar-refractivity contribution in [2.24, 2.45) is 7.05 Å². The molecule has 0 fully saturated rings. The van der Waals surface area contributed by atoms with Crippen LogP contribution in [0.15, 0.2) is 30.6 Å². The molecule has 1 amide bonds. The van der Waals surface area contributed by atoms with Crippen molar-refractivity contribution in [2.45, 2.75) is 20.4 Å². The molecule has 0 saturated carbocycles. The van der Waals surface area contributed by atoms with Crippen LogP contribution < -0.4 is 5.32 Å². The van der Waals surface area contributed by atoms with Crippen molar-refractivity contribution >= 4 is 29.1 Å². The molecule has 0 radical (unpaired) electrons.